The third-order valence-corrected chi connectivity index (χ3v) is 3.44. The Kier molecular flexibility index (Phi) is 6.27. The molecule has 0 bridgehead atoms. The molecule has 98 valence electrons. The van der Waals surface area contributed by atoms with E-state index in [0.29, 0.717) is 12.1 Å². The van der Waals surface area contributed by atoms with Gasteiger partial charge in [0.2, 0.25) is 0 Å². The van der Waals surface area contributed by atoms with Crippen molar-refractivity contribution in [2.45, 2.75) is 65.6 Å². The van der Waals surface area contributed by atoms with Crippen LogP contribution in [0.3, 0.4) is 0 Å². The molecule has 0 saturated carbocycles. The molecular formula is C14H27N3. The zero-order valence-corrected chi connectivity index (χ0v) is 11.7. The third kappa shape index (κ3) is 5.35. The molecule has 0 amide bonds. The van der Waals surface area contributed by atoms with E-state index in [1.807, 2.05) is 18.7 Å². The monoisotopic (exact) mass is 237 g/mol. The van der Waals surface area contributed by atoms with E-state index in [1.165, 1.54) is 19.3 Å². The van der Waals surface area contributed by atoms with Crippen LogP contribution in [-0.4, -0.2) is 21.6 Å². The van der Waals surface area contributed by atoms with E-state index in [0.717, 1.165) is 12.5 Å². The van der Waals surface area contributed by atoms with Gasteiger partial charge in [0.15, 0.2) is 0 Å². The van der Waals surface area contributed by atoms with Crippen molar-refractivity contribution in [3.8, 4) is 0 Å². The van der Waals surface area contributed by atoms with Crippen molar-refractivity contribution < 1.29 is 0 Å². The molecule has 0 fully saturated rings. The first-order valence-corrected chi connectivity index (χ1v) is 6.87. The van der Waals surface area contributed by atoms with Gasteiger partial charge in [0.1, 0.15) is 0 Å². The second-order valence-corrected chi connectivity index (χ2v) is 5.18. The molecule has 3 unspecified atom stereocenters. The Morgan fingerprint density at radius 2 is 2.00 bits per heavy atom. The first kappa shape index (κ1) is 14.2. The molecule has 0 spiro atoms. The molecule has 3 nitrogen and oxygen atoms in total. The van der Waals surface area contributed by atoms with Crippen molar-refractivity contribution in [3.05, 3.63) is 18.7 Å². The van der Waals surface area contributed by atoms with Gasteiger partial charge in [-0.15, -0.1) is 0 Å². The summed E-state index contributed by atoms with van der Waals surface area (Å²) in [6.45, 7) is 10.1. The number of nitrogens with zero attached hydrogens (tertiary/aromatic N) is 2. The van der Waals surface area contributed by atoms with Crippen LogP contribution in [0.2, 0.25) is 0 Å². The van der Waals surface area contributed by atoms with Crippen LogP contribution in [0, 0.1) is 5.92 Å². The standard InChI is InChI=1S/C14H27N3/c1-5-12(3)9-14(6-2)16-13(4)10-17-8-7-15-11-17/h7-8,11-14,16H,5-6,9-10H2,1-4H3. The highest BCUT2D eigenvalue weighted by Crippen LogP contribution is 2.12. The predicted octanol–water partition coefficient (Wildman–Crippen LogP) is 3.08. The second kappa shape index (κ2) is 7.49. The van der Waals surface area contributed by atoms with Crippen LogP contribution < -0.4 is 5.32 Å². The molecule has 1 heterocycles. The van der Waals surface area contributed by atoms with E-state index in [-0.39, 0.29) is 0 Å². The van der Waals surface area contributed by atoms with Gasteiger partial charge in [0.25, 0.3) is 0 Å². The Balaban J connectivity index is 2.34. The summed E-state index contributed by atoms with van der Waals surface area (Å²) in [7, 11) is 0. The Morgan fingerprint density at radius 3 is 2.53 bits per heavy atom. The molecular weight excluding hydrogens is 210 g/mol. The SMILES string of the molecule is CCC(C)CC(CC)NC(C)Cn1ccnc1. The summed E-state index contributed by atoms with van der Waals surface area (Å²) in [6, 6.07) is 1.14. The third-order valence-electron chi connectivity index (χ3n) is 3.44. The number of nitrogens with one attached hydrogen (secondary N) is 1. The Hall–Kier alpha value is -0.830. The lowest BCUT2D eigenvalue weighted by Crippen LogP contribution is -2.39. The molecule has 0 aliphatic rings. The molecule has 1 aromatic rings. The lowest BCUT2D eigenvalue weighted by atomic mass is 9.97. The van der Waals surface area contributed by atoms with E-state index in [1.54, 1.807) is 0 Å². The Bertz CT molecular complexity index is 282. The maximum absolute atomic E-state index is 4.07. The molecule has 0 aliphatic carbocycles. The van der Waals surface area contributed by atoms with Gasteiger partial charge >= 0.3 is 0 Å². The fourth-order valence-corrected chi connectivity index (χ4v) is 2.17. The maximum atomic E-state index is 4.07. The number of rotatable bonds is 8. The second-order valence-electron chi connectivity index (χ2n) is 5.18. The minimum Gasteiger partial charge on any atom is -0.336 e. The van der Waals surface area contributed by atoms with Crippen molar-refractivity contribution >= 4 is 0 Å². The van der Waals surface area contributed by atoms with Crippen LogP contribution in [-0.2, 0) is 6.54 Å². The average Bonchev–Trinajstić information content (AvgIpc) is 2.80. The lowest BCUT2D eigenvalue weighted by molar-refractivity contribution is 0.339. The van der Waals surface area contributed by atoms with E-state index in [4.69, 9.17) is 0 Å². The smallest absolute Gasteiger partial charge is 0.0946 e. The first-order chi connectivity index (χ1) is 8.15. The molecule has 3 heteroatoms. The highest BCUT2D eigenvalue weighted by molar-refractivity contribution is 4.78. The van der Waals surface area contributed by atoms with Gasteiger partial charge in [-0.2, -0.15) is 0 Å². The fourth-order valence-electron chi connectivity index (χ4n) is 2.17. The van der Waals surface area contributed by atoms with E-state index in [2.05, 4.69) is 42.6 Å². The van der Waals surface area contributed by atoms with Crippen LogP contribution in [0.15, 0.2) is 18.7 Å². The summed E-state index contributed by atoms with van der Waals surface area (Å²) in [5, 5.41) is 3.72. The molecule has 3 atom stereocenters. The molecule has 0 radical (unpaired) electrons. The van der Waals surface area contributed by atoms with E-state index < -0.39 is 0 Å². The van der Waals surface area contributed by atoms with Gasteiger partial charge in [-0.05, 0) is 25.7 Å². The van der Waals surface area contributed by atoms with Gasteiger partial charge < -0.3 is 9.88 Å². The molecule has 0 saturated heterocycles. The van der Waals surface area contributed by atoms with Gasteiger partial charge in [0.05, 0.1) is 6.33 Å². The largest absolute Gasteiger partial charge is 0.336 e. The quantitative estimate of drug-likeness (QED) is 0.753. The summed E-state index contributed by atoms with van der Waals surface area (Å²) in [4.78, 5) is 4.07. The van der Waals surface area contributed by atoms with Gasteiger partial charge in [-0.3, -0.25) is 0 Å². The molecule has 1 N–H and O–H groups in total. The van der Waals surface area contributed by atoms with Crippen molar-refractivity contribution in [2.75, 3.05) is 0 Å². The van der Waals surface area contributed by atoms with Gasteiger partial charge in [0, 0.05) is 31.0 Å². The Labute approximate surface area is 106 Å². The van der Waals surface area contributed by atoms with Crippen LogP contribution in [0.4, 0.5) is 0 Å². The zero-order chi connectivity index (χ0) is 12.7. The molecule has 0 aromatic carbocycles. The summed E-state index contributed by atoms with van der Waals surface area (Å²) in [6.07, 6.45) is 9.50. The van der Waals surface area contributed by atoms with E-state index >= 15 is 0 Å². The average molecular weight is 237 g/mol. The van der Waals surface area contributed by atoms with Gasteiger partial charge in [-0.1, -0.05) is 27.2 Å². The molecule has 1 rings (SSSR count). The lowest BCUT2D eigenvalue weighted by Gasteiger charge is -2.24. The van der Waals surface area contributed by atoms with Crippen LogP contribution in [0.1, 0.15) is 47.0 Å². The van der Waals surface area contributed by atoms with Crippen molar-refractivity contribution in [3.63, 3.8) is 0 Å². The minimum absolute atomic E-state index is 0.498. The van der Waals surface area contributed by atoms with Gasteiger partial charge in [-0.25, -0.2) is 4.98 Å². The molecule has 17 heavy (non-hydrogen) atoms. The fraction of sp³-hybridized carbons (Fsp3) is 0.786. The summed E-state index contributed by atoms with van der Waals surface area (Å²) in [5.41, 5.74) is 0. The van der Waals surface area contributed by atoms with Crippen molar-refractivity contribution in [1.29, 1.82) is 0 Å². The maximum Gasteiger partial charge on any atom is 0.0946 e. The number of aromatic nitrogens is 2. The topological polar surface area (TPSA) is 29.9 Å². The van der Waals surface area contributed by atoms with E-state index in [9.17, 15) is 0 Å². The Morgan fingerprint density at radius 1 is 1.24 bits per heavy atom. The number of hydrogen-bond donors (Lipinski definition) is 1. The first-order valence-electron chi connectivity index (χ1n) is 6.87. The van der Waals surface area contributed by atoms with Crippen molar-refractivity contribution in [1.82, 2.24) is 14.9 Å². The zero-order valence-electron chi connectivity index (χ0n) is 11.7. The minimum atomic E-state index is 0.498. The van der Waals surface area contributed by atoms with Crippen LogP contribution >= 0.6 is 0 Å². The molecule has 0 aliphatic heterocycles. The number of imidazole rings is 1. The normalized spacial score (nSPS) is 16.7. The summed E-state index contributed by atoms with van der Waals surface area (Å²) >= 11 is 0. The number of hydrogen-bond acceptors (Lipinski definition) is 2. The van der Waals surface area contributed by atoms with Crippen molar-refractivity contribution in [2.24, 2.45) is 5.92 Å². The van der Waals surface area contributed by atoms with Crippen LogP contribution in [0.25, 0.3) is 0 Å². The highest BCUT2D eigenvalue weighted by atomic mass is 15.1. The summed E-state index contributed by atoms with van der Waals surface area (Å²) in [5.74, 6) is 0.813. The predicted molar refractivity (Wildman–Crippen MR) is 73.0 cm³/mol. The highest BCUT2D eigenvalue weighted by Gasteiger charge is 2.13. The van der Waals surface area contributed by atoms with Crippen LogP contribution in [0.5, 0.6) is 0 Å². The molecule has 1 aromatic heterocycles. The summed E-state index contributed by atoms with van der Waals surface area (Å²) < 4.78 is 2.13.